The summed E-state index contributed by atoms with van der Waals surface area (Å²) < 4.78 is 64.8. The van der Waals surface area contributed by atoms with Crippen LogP contribution in [-0.2, 0) is 6.18 Å². The van der Waals surface area contributed by atoms with Gasteiger partial charge in [0.05, 0.1) is 41.2 Å². The smallest absolute Gasteiger partial charge is 0.416 e. The molecule has 1 unspecified atom stereocenters. The number of aromatic nitrogens is 6. The predicted octanol–water partition coefficient (Wildman–Crippen LogP) is 7.61. The standard InChI is InChI=1S/C20H19F3N4O.C20H21FN4O/c21-20(22,23)15-5-3-14(4-6-15)16-10-17-18(26-9-8-25-17)19(27-16)28-12-13-2-1-7-24-11-13;1-13-4-5-15(16(21)9-13)17-10-18-19(24-8-7-23-18)20(25-17)26-12-14-3-2-6-22-11-14/h3-6,8-10,13,24H,1-2,7,11-12H2;4-5,7-10,14,22H,2-3,6,11-12H2,1H3/t;14-/m.0/s1. The summed E-state index contributed by atoms with van der Waals surface area (Å²) >= 11 is 0. The van der Waals surface area contributed by atoms with E-state index in [2.05, 4.69) is 40.5 Å². The third-order valence-corrected chi connectivity index (χ3v) is 9.47. The van der Waals surface area contributed by atoms with Gasteiger partial charge in [-0.2, -0.15) is 13.2 Å². The monoisotopic (exact) mass is 740 g/mol. The summed E-state index contributed by atoms with van der Waals surface area (Å²) in [6.07, 6.45) is 6.45. The van der Waals surface area contributed by atoms with Crippen LogP contribution in [0.1, 0.15) is 36.8 Å². The van der Waals surface area contributed by atoms with E-state index in [1.807, 2.05) is 13.0 Å². The average molecular weight is 741 g/mol. The van der Waals surface area contributed by atoms with E-state index in [1.165, 1.54) is 18.2 Å². The lowest BCUT2D eigenvalue weighted by Gasteiger charge is -2.22. The van der Waals surface area contributed by atoms with Gasteiger partial charge in [-0.05, 0) is 87.7 Å². The maximum atomic E-state index is 14.4. The number of rotatable bonds is 8. The van der Waals surface area contributed by atoms with Crippen LogP contribution < -0.4 is 20.1 Å². The number of ether oxygens (including phenoxy) is 2. The van der Waals surface area contributed by atoms with Crippen LogP contribution in [0.5, 0.6) is 11.8 Å². The third-order valence-electron chi connectivity index (χ3n) is 9.47. The largest absolute Gasteiger partial charge is 0.476 e. The molecule has 8 rings (SSSR count). The molecule has 14 heteroatoms. The molecular weight excluding hydrogens is 700 g/mol. The minimum atomic E-state index is -4.37. The van der Waals surface area contributed by atoms with Gasteiger partial charge in [-0.25, -0.2) is 24.3 Å². The van der Waals surface area contributed by atoms with Crippen molar-refractivity contribution in [1.82, 2.24) is 40.5 Å². The van der Waals surface area contributed by atoms with Gasteiger partial charge >= 0.3 is 6.18 Å². The molecule has 2 saturated heterocycles. The summed E-state index contributed by atoms with van der Waals surface area (Å²) in [6, 6.07) is 13.5. The van der Waals surface area contributed by atoms with Crippen LogP contribution in [0, 0.1) is 24.6 Å². The van der Waals surface area contributed by atoms with E-state index in [0.29, 0.717) is 81.4 Å². The molecule has 2 aliphatic heterocycles. The number of halogens is 4. The number of benzene rings is 2. The van der Waals surface area contributed by atoms with E-state index >= 15 is 0 Å². The van der Waals surface area contributed by atoms with Gasteiger partial charge in [-0.3, -0.25) is 9.97 Å². The van der Waals surface area contributed by atoms with E-state index in [-0.39, 0.29) is 5.82 Å². The first kappa shape index (κ1) is 37.0. The van der Waals surface area contributed by atoms with Gasteiger partial charge in [0.1, 0.15) is 5.82 Å². The molecule has 0 bridgehead atoms. The van der Waals surface area contributed by atoms with Crippen LogP contribution in [-0.4, -0.2) is 69.3 Å². The highest BCUT2D eigenvalue weighted by molar-refractivity contribution is 5.84. The van der Waals surface area contributed by atoms with Crippen molar-refractivity contribution >= 4 is 22.1 Å². The van der Waals surface area contributed by atoms with E-state index in [1.54, 1.807) is 43.0 Å². The van der Waals surface area contributed by atoms with Crippen molar-refractivity contribution in [3.05, 3.63) is 96.3 Å². The molecule has 2 N–H and O–H groups in total. The maximum Gasteiger partial charge on any atom is 0.416 e. The Morgan fingerprint density at radius 2 is 1.22 bits per heavy atom. The molecule has 6 aromatic rings. The van der Waals surface area contributed by atoms with Gasteiger partial charge in [-0.1, -0.05) is 18.2 Å². The van der Waals surface area contributed by atoms with Crippen molar-refractivity contribution in [2.24, 2.45) is 11.8 Å². The summed E-state index contributed by atoms with van der Waals surface area (Å²) in [5.74, 6) is 1.29. The van der Waals surface area contributed by atoms with Crippen LogP contribution in [0.2, 0.25) is 0 Å². The Morgan fingerprint density at radius 3 is 1.74 bits per heavy atom. The Hall–Kier alpha value is -5.34. The molecule has 0 amide bonds. The molecule has 0 radical (unpaired) electrons. The first-order chi connectivity index (χ1) is 26.2. The highest BCUT2D eigenvalue weighted by atomic mass is 19.4. The van der Waals surface area contributed by atoms with Crippen LogP contribution in [0.4, 0.5) is 17.6 Å². The van der Waals surface area contributed by atoms with Gasteiger partial charge in [0.15, 0.2) is 11.0 Å². The normalized spacial score (nSPS) is 17.5. The first-order valence-corrected chi connectivity index (χ1v) is 18.1. The zero-order valence-electron chi connectivity index (χ0n) is 29.7. The zero-order chi connectivity index (χ0) is 37.5. The number of pyridine rings is 2. The van der Waals surface area contributed by atoms with Gasteiger partial charge in [0.25, 0.3) is 0 Å². The molecule has 0 aliphatic carbocycles. The highest BCUT2D eigenvalue weighted by Gasteiger charge is 2.30. The van der Waals surface area contributed by atoms with Crippen LogP contribution in [0.15, 0.2) is 79.4 Å². The summed E-state index contributed by atoms with van der Waals surface area (Å²) in [6.45, 7) is 6.84. The number of alkyl halides is 3. The summed E-state index contributed by atoms with van der Waals surface area (Å²) in [5.41, 5.74) is 4.56. The van der Waals surface area contributed by atoms with Crippen LogP contribution in [0.25, 0.3) is 44.6 Å². The number of hydrogen-bond acceptors (Lipinski definition) is 10. The van der Waals surface area contributed by atoms with Crippen molar-refractivity contribution in [3.8, 4) is 34.3 Å². The topological polar surface area (TPSA) is 120 Å². The number of fused-ring (bicyclic) bond motifs is 2. The number of piperidine rings is 2. The van der Waals surface area contributed by atoms with Gasteiger partial charge in [-0.15, -0.1) is 0 Å². The highest BCUT2D eigenvalue weighted by Crippen LogP contribution is 2.33. The van der Waals surface area contributed by atoms with E-state index in [4.69, 9.17) is 9.47 Å². The fourth-order valence-corrected chi connectivity index (χ4v) is 6.56. The fraction of sp³-hybridized carbons (Fsp3) is 0.350. The average Bonchev–Trinajstić information content (AvgIpc) is 3.19. The molecule has 0 spiro atoms. The Balaban J connectivity index is 0.000000167. The Labute approximate surface area is 309 Å². The van der Waals surface area contributed by atoms with Crippen LogP contribution >= 0.6 is 0 Å². The fourth-order valence-electron chi connectivity index (χ4n) is 6.56. The summed E-state index contributed by atoms with van der Waals surface area (Å²) in [4.78, 5) is 26.4. The molecular formula is C40H40F4N8O2. The van der Waals surface area contributed by atoms with E-state index in [0.717, 1.165) is 69.6 Å². The summed E-state index contributed by atoms with van der Waals surface area (Å²) in [5, 5.41) is 6.72. The van der Waals surface area contributed by atoms with Gasteiger partial charge in [0.2, 0.25) is 11.8 Å². The molecule has 54 heavy (non-hydrogen) atoms. The van der Waals surface area contributed by atoms with Crippen molar-refractivity contribution in [3.63, 3.8) is 0 Å². The van der Waals surface area contributed by atoms with Crippen molar-refractivity contribution < 1.29 is 27.0 Å². The Bertz CT molecular complexity index is 2190. The summed E-state index contributed by atoms with van der Waals surface area (Å²) in [7, 11) is 0. The third kappa shape index (κ3) is 9.05. The maximum absolute atomic E-state index is 14.4. The molecule has 2 aliphatic rings. The van der Waals surface area contributed by atoms with E-state index in [9.17, 15) is 17.6 Å². The molecule has 2 atom stereocenters. The van der Waals surface area contributed by atoms with Crippen molar-refractivity contribution in [2.75, 3.05) is 39.4 Å². The Kier molecular flexibility index (Phi) is 11.5. The zero-order valence-corrected chi connectivity index (χ0v) is 29.7. The second kappa shape index (κ2) is 16.8. The molecule has 2 fully saturated rings. The molecule has 2 aromatic carbocycles. The number of nitrogens with one attached hydrogen (secondary N) is 2. The molecule has 10 nitrogen and oxygen atoms in total. The quantitative estimate of drug-likeness (QED) is 0.151. The lowest BCUT2D eigenvalue weighted by Crippen LogP contribution is -2.33. The lowest BCUT2D eigenvalue weighted by molar-refractivity contribution is -0.137. The number of hydrogen-bond donors (Lipinski definition) is 2. The number of nitrogens with zero attached hydrogens (tertiary/aromatic N) is 6. The van der Waals surface area contributed by atoms with Crippen molar-refractivity contribution in [1.29, 1.82) is 0 Å². The van der Waals surface area contributed by atoms with Crippen LogP contribution in [0.3, 0.4) is 0 Å². The second-order valence-electron chi connectivity index (χ2n) is 13.6. The lowest BCUT2D eigenvalue weighted by atomic mass is 10.0. The Morgan fingerprint density at radius 1 is 0.685 bits per heavy atom. The van der Waals surface area contributed by atoms with Gasteiger partial charge < -0.3 is 20.1 Å². The van der Waals surface area contributed by atoms with Gasteiger partial charge in [0, 0.05) is 60.8 Å². The second-order valence-corrected chi connectivity index (χ2v) is 13.6. The molecule has 280 valence electrons. The predicted molar refractivity (Wildman–Crippen MR) is 197 cm³/mol. The molecule has 0 saturated carbocycles. The SMILES string of the molecule is Cc1ccc(-c2cc3nccnc3c(OC[C@H]3CCCNC3)n2)c(F)c1.FC(F)(F)c1ccc(-c2cc3nccnc3c(OCC3CCCNC3)n2)cc1. The first-order valence-electron chi connectivity index (χ1n) is 18.1. The molecule has 6 heterocycles. The number of aryl methyl sites for hydroxylation is 1. The minimum Gasteiger partial charge on any atom is -0.476 e. The minimum absolute atomic E-state index is 0.303. The molecule has 4 aromatic heterocycles. The van der Waals surface area contributed by atoms with Crippen molar-refractivity contribution in [2.45, 2.75) is 38.8 Å². The van der Waals surface area contributed by atoms with E-state index < -0.39 is 11.7 Å².